The lowest BCUT2D eigenvalue weighted by Gasteiger charge is -2.38. The highest BCUT2D eigenvalue weighted by Crippen LogP contribution is 2.32. The van der Waals surface area contributed by atoms with Crippen molar-refractivity contribution in [3.8, 4) is 0 Å². The summed E-state index contributed by atoms with van der Waals surface area (Å²) < 4.78 is 0. The monoisotopic (exact) mass is 362 g/mol. The van der Waals surface area contributed by atoms with Crippen molar-refractivity contribution in [3.05, 3.63) is 59.7 Å². The van der Waals surface area contributed by atoms with Crippen LogP contribution in [0, 0.1) is 25.7 Å². The van der Waals surface area contributed by atoms with Crippen molar-refractivity contribution >= 4 is 11.4 Å². The molecule has 4 rings (SSSR count). The number of benzene rings is 2. The van der Waals surface area contributed by atoms with Crippen LogP contribution in [-0.2, 0) is 0 Å². The lowest BCUT2D eigenvalue weighted by molar-refractivity contribution is 0.279. The van der Waals surface area contributed by atoms with Crippen LogP contribution in [0.5, 0.6) is 0 Å². The van der Waals surface area contributed by atoms with E-state index in [2.05, 4.69) is 72.2 Å². The van der Waals surface area contributed by atoms with Crippen molar-refractivity contribution in [2.24, 2.45) is 11.8 Å². The minimum atomic E-state index is 0.933. The van der Waals surface area contributed by atoms with Crippen LogP contribution in [0.15, 0.2) is 48.5 Å². The molecule has 2 heterocycles. The topological polar surface area (TPSA) is 6.48 Å². The molecule has 144 valence electrons. The fourth-order valence-corrected chi connectivity index (χ4v) is 4.84. The minimum absolute atomic E-state index is 0.933. The number of piperidine rings is 2. The zero-order valence-corrected chi connectivity index (χ0v) is 17.0. The van der Waals surface area contributed by atoms with E-state index in [0.29, 0.717) is 0 Å². The predicted molar refractivity (Wildman–Crippen MR) is 117 cm³/mol. The Balaban J connectivity index is 1.22. The van der Waals surface area contributed by atoms with Crippen molar-refractivity contribution in [2.45, 2.75) is 46.0 Å². The van der Waals surface area contributed by atoms with Crippen molar-refractivity contribution in [2.75, 3.05) is 36.0 Å². The SMILES string of the molecule is Cc1ccc(N2CCC(CC3CCN(c4ccc(C)cc4)CC3)CC2)cc1. The maximum absolute atomic E-state index is 2.58. The Morgan fingerprint density at radius 2 is 0.926 bits per heavy atom. The number of nitrogens with zero attached hydrogens (tertiary/aromatic N) is 2. The molecule has 2 nitrogen and oxygen atoms in total. The fourth-order valence-electron chi connectivity index (χ4n) is 4.84. The van der Waals surface area contributed by atoms with Gasteiger partial charge in [0.05, 0.1) is 0 Å². The van der Waals surface area contributed by atoms with E-state index >= 15 is 0 Å². The normalized spacial score (nSPS) is 19.5. The summed E-state index contributed by atoms with van der Waals surface area (Å²) in [5.74, 6) is 1.87. The second kappa shape index (κ2) is 8.37. The third-order valence-corrected chi connectivity index (χ3v) is 6.69. The summed E-state index contributed by atoms with van der Waals surface area (Å²) in [6.45, 7) is 9.26. The Morgan fingerprint density at radius 3 is 1.26 bits per heavy atom. The number of hydrogen-bond acceptors (Lipinski definition) is 2. The molecule has 2 aromatic carbocycles. The molecule has 0 aliphatic carbocycles. The van der Waals surface area contributed by atoms with Crippen LogP contribution >= 0.6 is 0 Å². The Kier molecular flexibility index (Phi) is 5.71. The van der Waals surface area contributed by atoms with Crippen molar-refractivity contribution in [3.63, 3.8) is 0 Å². The van der Waals surface area contributed by atoms with E-state index in [9.17, 15) is 0 Å². The summed E-state index contributed by atoms with van der Waals surface area (Å²) in [5, 5.41) is 0. The summed E-state index contributed by atoms with van der Waals surface area (Å²) >= 11 is 0. The van der Waals surface area contributed by atoms with Crippen molar-refractivity contribution in [1.82, 2.24) is 0 Å². The van der Waals surface area contributed by atoms with Crippen LogP contribution in [0.3, 0.4) is 0 Å². The zero-order valence-electron chi connectivity index (χ0n) is 17.0. The Morgan fingerprint density at radius 1 is 0.593 bits per heavy atom. The molecular formula is C25H34N2. The molecule has 2 heteroatoms. The molecule has 2 aliphatic heterocycles. The largest absolute Gasteiger partial charge is 0.372 e. The van der Waals surface area contributed by atoms with E-state index in [1.165, 1.54) is 80.8 Å². The Hall–Kier alpha value is -1.96. The maximum atomic E-state index is 2.58. The lowest BCUT2D eigenvalue weighted by Crippen LogP contribution is -2.37. The molecule has 0 N–H and O–H groups in total. The van der Waals surface area contributed by atoms with Gasteiger partial charge in [-0.3, -0.25) is 0 Å². The van der Waals surface area contributed by atoms with Gasteiger partial charge in [-0.15, -0.1) is 0 Å². The molecule has 0 saturated carbocycles. The minimum Gasteiger partial charge on any atom is -0.372 e. The number of hydrogen-bond donors (Lipinski definition) is 0. The van der Waals surface area contributed by atoms with Gasteiger partial charge in [-0.05, 0) is 82.1 Å². The first-order valence-electron chi connectivity index (χ1n) is 10.8. The van der Waals surface area contributed by atoms with Crippen molar-refractivity contribution < 1.29 is 0 Å². The van der Waals surface area contributed by atoms with Crippen LogP contribution < -0.4 is 9.80 Å². The van der Waals surface area contributed by atoms with E-state index in [1.807, 2.05) is 0 Å². The fraction of sp³-hybridized carbons (Fsp3) is 0.520. The number of aryl methyl sites for hydroxylation is 2. The molecule has 2 aliphatic rings. The summed E-state index contributed by atoms with van der Waals surface area (Å²) in [4.78, 5) is 5.16. The van der Waals surface area contributed by atoms with Gasteiger partial charge < -0.3 is 9.80 Å². The molecule has 0 aromatic heterocycles. The van der Waals surface area contributed by atoms with Crippen molar-refractivity contribution in [1.29, 1.82) is 0 Å². The van der Waals surface area contributed by atoms with Gasteiger partial charge in [0, 0.05) is 37.6 Å². The summed E-state index contributed by atoms with van der Waals surface area (Å²) in [6, 6.07) is 18.1. The maximum Gasteiger partial charge on any atom is 0.0366 e. The zero-order chi connectivity index (χ0) is 18.6. The van der Waals surface area contributed by atoms with Gasteiger partial charge in [0.1, 0.15) is 0 Å². The highest BCUT2D eigenvalue weighted by molar-refractivity contribution is 5.48. The number of rotatable bonds is 4. The second-order valence-electron chi connectivity index (χ2n) is 8.77. The highest BCUT2D eigenvalue weighted by atomic mass is 15.1. The first kappa shape index (κ1) is 18.4. The summed E-state index contributed by atoms with van der Waals surface area (Å²) in [6.07, 6.45) is 6.92. The molecule has 2 aromatic rings. The molecule has 0 spiro atoms. The first-order chi connectivity index (χ1) is 13.2. The number of anilines is 2. The Labute approximate surface area is 165 Å². The molecular weight excluding hydrogens is 328 g/mol. The average molecular weight is 363 g/mol. The van der Waals surface area contributed by atoms with E-state index in [1.54, 1.807) is 0 Å². The van der Waals surface area contributed by atoms with Crippen LogP contribution in [0.25, 0.3) is 0 Å². The molecule has 0 unspecified atom stereocenters. The Bertz CT molecular complexity index is 639. The molecule has 27 heavy (non-hydrogen) atoms. The van der Waals surface area contributed by atoms with Gasteiger partial charge in [0.2, 0.25) is 0 Å². The van der Waals surface area contributed by atoms with E-state index < -0.39 is 0 Å². The second-order valence-corrected chi connectivity index (χ2v) is 8.77. The standard InChI is InChI=1S/C25H34N2/c1-20-3-7-24(8-4-20)26-15-11-22(12-16-26)19-23-13-17-27(18-14-23)25-9-5-21(2)6-10-25/h3-10,22-23H,11-19H2,1-2H3. The van der Waals surface area contributed by atoms with Crippen LogP contribution in [0.2, 0.25) is 0 Å². The van der Waals surface area contributed by atoms with Gasteiger partial charge in [-0.1, -0.05) is 35.4 Å². The molecule has 0 bridgehead atoms. The van der Waals surface area contributed by atoms with Crippen LogP contribution in [0.1, 0.15) is 43.2 Å². The predicted octanol–water partition coefficient (Wildman–Crippen LogP) is 5.83. The van der Waals surface area contributed by atoms with Gasteiger partial charge in [-0.25, -0.2) is 0 Å². The average Bonchev–Trinajstić information content (AvgIpc) is 2.71. The summed E-state index contributed by atoms with van der Waals surface area (Å²) in [5.41, 5.74) is 5.52. The van der Waals surface area contributed by atoms with E-state index in [0.717, 1.165) is 11.8 Å². The third kappa shape index (κ3) is 4.66. The smallest absolute Gasteiger partial charge is 0.0366 e. The van der Waals surface area contributed by atoms with Crippen LogP contribution in [0.4, 0.5) is 11.4 Å². The lowest BCUT2D eigenvalue weighted by atomic mass is 9.82. The van der Waals surface area contributed by atoms with Gasteiger partial charge in [0.15, 0.2) is 0 Å². The molecule has 0 atom stereocenters. The van der Waals surface area contributed by atoms with E-state index in [4.69, 9.17) is 0 Å². The summed E-state index contributed by atoms with van der Waals surface area (Å²) in [7, 11) is 0. The molecule has 0 amide bonds. The van der Waals surface area contributed by atoms with Crippen LogP contribution in [-0.4, -0.2) is 26.2 Å². The highest BCUT2D eigenvalue weighted by Gasteiger charge is 2.25. The molecule has 2 saturated heterocycles. The molecule has 2 fully saturated rings. The first-order valence-corrected chi connectivity index (χ1v) is 10.8. The van der Waals surface area contributed by atoms with Gasteiger partial charge >= 0.3 is 0 Å². The molecule has 0 radical (unpaired) electrons. The third-order valence-electron chi connectivity index (χ3n) is 6.69. The van der Waals surface area contributed by atoms with Gasteiger partial charge in [0.25, 0.3) is 0 Å². The quantitative estimate of drug-likeness (QED) is 0.675. The van der Waals surface area contributed by atoms with E-state index in [-0.39, 0.29) is 0 Å². The van der Waals surface area contributed by atoms with Gasteiger partial charge in [-0.2, -0.15) is 0 Å².